The Bertz CT molecular complexity index is 594. The van der Waals surface area contributed by atoms with Crippen molar-refractivity contribution in [3.05, 3.63) is 59.7 Å². The topological polar surface area (TPSA) is 65.2 Å². The van der Waals surface area contributed by atoms with Gasteiger partial charge in [-0.15, -0.1) is 0 Å². The Labute approximate surface area is 130 Å². The largest absolute Gasteiger partial charge is 0.508 e. The lowest BCUT2D eigenvalue weighted by molar-refractivity contribution is 0.470. The molecule has 2 rings (SSSR count). The maximum atomic E-state index is 9.61. The van der Waals surface area contributed by atoms with Gasteiger partial charge in [-0.1, -0.05) is 36.4 Å². The Balaban J connectivity index is 1.67. The number of benzene rings is 2. The maximum absolute atomic E-state index is 9.61. The first-order valence-electron chi connectivity index (χ1n) is 7.27. The molecule has 0 aliphatic carbocycles. The van der Waals surface area contributed by atoms with E-state index >= 15 is 0 Å². The summed E-state index contributed by atoms with van der Waals surface area (Å²) in [5.41, 5.74) is 1.74. The number of phenolic OH excluding ortho intramolecular Hbond substituents is 2. The molecule has 0 aromatic heterocycles. The number of rotatable bonds is 7. The van der Waals surface area contributed by atoms with E-state index in [4.69, 9.17) is 0 Å². The molecule has 0 fully saturated rings. The summed E-state index contributed by atoms with van der Waals surface area (Å²) in [6, 6.07) is 14.5. The van der Waals surface area contributed by atoms with E-state index in [1.807, 2.05) is 24.3 Å². The lowest BCUT2D eigenvalue weighted by Gasteiger charge is -1.99. The molecule has 0 aliphatic heterocycles. The highest BCUT2D eigenvalue weighted by Crippen LogP contribution is 2.15. The van der Waals surface area contributed by atoms with Gasteiger partial charge >= 0.3 is 0 Å². The summed E-state index contributed by atoms with van der Waals surface area (Å²) in [4.78, 5) is 8.54. The summed E-state index contributed by atoms with van der Waals surface area (Å²) in [6.45, 7) is 1.23. The minimum Gasteiger partial charge on any atom is -0.508 e. The monoisotopic (exact) mass is 296 g/mol. The van der Waals surface area contributed by atoms with Gasteiger partial charge in [-0.3, -0.25) is 9.98 Å². The molecule has 4 heteroatoms. The van der Waals surface area contributed by atoms with Gasteiger partial charge in [-0.25, -0.2) is 0 Å². The highest BCUT2D eigenvalue weighted by Gasteiger charge is 1.96. The average Bonchev–Trinajstić information content (AvgIpc) is 2.53. The summed E-state index contributed by atoms with van der Waals surface area (Å²) in [6.07, 6.45) is 4.84. The zero-order valence-corrected chi connectivity index (χ0v) is 12.4. The SMILES string of the molecule is Oc1ccccc1CC=NCCN=CCc1ccccc1O. The minimum atomic E-state index is 0.301. The molecule has 0 saturated carbocycles. The molecule has 0 saturated heterocycles. The summed E-state index contributed by atoms with van der Waals surface area (Å²) in [7, 11) is 0. The van der Waals surface area contributed by atoms with Crippen LogP contribution in [-0.4, -0.2) is 35.7 Å². The molecule has 0 bridgehead atoms. The van der Waals surface area contributed by atoms with Gasteiger partial charge < -0.3 is 10.2 Å². The lowest BCUT2D eigenvalue weighted by atomic mass is 10.1. The molecular formula is C18H20N2O2. The molecule has 0 spiro atoms. The molecule has 0 amide bonds. The van der Waals surface area contributed by atoms with Crippen LogP contribution in [0.1, 0.15) is 11.1 Å². The van der Waals surface area contributed by atoms with E-state index in [0.717, 1.165) is 11.1 Å². The second kappa shape index (κ2) is 8.62. The van der Waals surface area contributed by atoms with Crippen LogP contribution in [0.2, 0.25) is 0 Å². The van der Waals surface area contributed by atoms with Gasteiger partial charge in [0.15, 0.2) is 0 Å². The lowest BCUT2D eigenvalue weighted by Crippen LogP contribution is -1.93. The Morgan fingerprint density at radius 2 is 1.09 bits per heavy atom. The third-order valence-corrected chi connectivity index (χ3v) is 3.22. The Morgan fingerprint density at radius 1 is 0.682 bits per heavy atom. The van der Waals surface area contributed by atoms with Gasteiger partial charge in [0.05, 0.1) is 13.1 Å². The number of nitrogens with zero attached hydrogens (tertiary/aromatic N) is 2. The van der Waals surface area contributed by atoms with E-state index in [-0.39, 0.29) is 0 Å². The second-order valence-electron chi connectivity index (χ2n) is 4.84. The van der Waals surface area contributed by atoms with Crippen LogP contribution in [0.15, 0.2) is 58.5 Å². The van der Waals surface area contributed by atoms with E-state index in [0.29, 0.717) is 37.4 Å². The van der Waals surface area contributed by atoms with Crippen LogP contribution < -0.4 is 0 Å². The van der Waals surface area contributed by atoms with Gasteiger partial charge in [-0.05, 0) is 23.3 Å². The van der Waals surface area contributed by atoms with Gasteiger partial charge in [-0.2, -0.15) is 0 Å². The fourth-order valence-corrected chi connectivity index (χ4v) is 1.99. The standard InChI is InChI=1S/C18H20N2O2/c21-17-7-3-1-5-15(17)9-11-19-13-14-20-12-10-16-6-2-4-8-18(16)22/h1-8,11-12,21-22H,9-10,13-14H2. The van der Waals surface area contributed by atoms with Crippen molar-refractivity contribution in [1.82, 2.24) is 0 Å². The Hall–Kier alpha value is -2.62. The first-order chi connectivity index (χ1) is 10.8. The Morgan fingerprint density at radius 3 is 1.50 bits per heavy atom. The molecule has 114 valence electrons. The summed E-state index contributed by atoms with van der Waals surface area (Å²) < 4.78 is 0. The maximum Gasteiger partial charge on any atom is 0.119 e. The van der Waals surface area contributed by atoms with Crippen molar-refractivity contribution >= 4 is 12.4 Å². The van der Waals surface area contributed by atoms with Crippen LogP contribution in [0.4, 0.5) is 0 Å². The number of aromatic hydroxyl groups is 2. The van der Waals surface area contributed by atoms with Crippen LogP contribution in [0, 0.1) is 0 Å². The molecule has 0 unspecified atom stereocenters. The van der Waals surface area contributed by atoms with Crippen LogP contribution >= 0.6 is 0 Å². The molecular weight excluding hydrogens is 276 g/mol. The third kappa shape index (κ3) is 5.05. The molecule has 2 aromatic rings. The molecule has 0 aliphatic rings. The van der Waals surface area contributed by atoms with Crippen molar-refractivity contribution in [2.75, 3.05) is 13.1 Å². The molecule has 0 radical (unpaired) electrons. The number of hydrogen-bond donors (Lipinski definition) is 2. The molecule has 0 atom stereocenters. The van der Waals surface area contributed by atoms with Crippen LogP contribution in [0.3, 0.4) is 0 Å². The number of phenols is 2. The van der Waals surface area contributed by atoms with Crippen molar-refractivity contribution in [2.24, 2.45) is 9.98 Å². The zero-order chi connectivity index (χ0) is 15.6. The molecule has 2 N–H and O–H groups in total. The fourth-order valence-electron chi connectivity index (χ4n) is 1.99. The van der Waals surface area contributed by atoms with E-state index in [1.165, 1.54) is 0 Å². The van der Waals surface area contributed by atoms with E-state index in [9.17, 15) is 10.2 Å². The molecule has 2 aromatic carbocycles. The first-order valence-corrected chi connectivity index (χ1v) is 7.27. The van der Waals surface area contributed by atoms with Crippen LogP contribution in [-0.2, 0) is 12.8 Å². The highest BCUT2D eigenvalue weighted by atomic mass is 16.3. The van der Waals surface area contributed by atoms with Crippen LogP contribution in [0.5, 0.6) is 11.5 Å². The van der Waals surface area contributed by atoms with Crippen LogP contribution in [0.25, 0.3) is 0 Å². The van der Waals surface area contributed by atoms with Crippen molar-refractivity contribution in [3.8, 4) is 11.5 Å². The van der Waals surface area contributed by atoms with E-state index in [2.05, 4.69) is 9.98 Å². The van der Waals surface area contributed by atoms with Gasteiger partial charge in [0.25, 0.3) is 0 Å². The summed E-state index contributed by atoms with van der Waals surface area (Å²) >= 11 is 0. The zero-order valence-electron chi connectivity index (χ0n) is 12.4. The first kappa shape index (κ1) is 15.8. The Kier molecular flexibility index (Phi) is 6.18. The highest BCUT2D eigenvalue weighted by molar-refractivity contribution is 5.64. The van der Waals surface area contributed by atoms with Gasteiger partial charge in [0.2, 0.25) is 0 Å². The fraction of sp³-hybridized carbons (Fsp3) is 0.222. The predicted molar refractivity (Wildman–Crippen MR) is 90.3 cm³/mol. The number of aliphatic imine (C=N–C) groups is 2. The molecule has 0 heterocycles. The smallest absolute Gasteiger partial charge is 0.119 e. The number of hydrogen-bond acceptors (Lipinski definition) is 4. The van der Waals surface area contributed by atoms with Gasteiger partial charge in [0, 0.05) is 25.3 Å². The molecule has 22 heavy (non-hydrogen) atoms. The second-order valence-corrected chi connectivity index (χ2v) is 4.84. The normalized spacial score (nSPS) is 11.5. The quantitative estimate of drug-likeness (QED) is 0.609. The molecule has 4 nitrogen and oxygen atoms in total. The summed E-state index contributed by atoms with van der Waals surface area (Å²) in [5.74, 6) is 0.601. The predicted octanol–water partition coefficient (Wildman–Crippen LogP) is 3.02. The van der Waals surface area contributed by atoms with Crippen molar-refractivity contribution in [3.63, 3.8) is 0 Å². The number of para-hydroxylation sites is 2. The van der Waals surface area contributed by atoms with Crippen molar-refractivity contribution in [2.45, 2.75) is 12.8 Å². The van der Waals surface area contributed by atoms with E-state index < -0.39 is 0 Å². The van der Waals surface area contributed by atoms with Crippen molar-refractivity contribution in [1.29, 1.82) is 0 Å². The third-order valence-electron chi connectivity index (χ3n) is 3.22. The van der Waals surface area contributed by atoms with Gasteiger partial charge in [0.1, 0.15) is 11.5 Å². The minimum absolute atomic E-state index is 0.301. The summed E-state index contributed by atoms with van der Waals surface area (Å²) in [5, 5.41) is 19.2. The average molecular weight is 296 g/mol. The van der Waals surface area contributed by atoms with Crippen molar-refractivity contribution < 1.29 is 10.2 Å². The van der Waals surface area contributed by atoms with E-state index in [1.54, 1.807) is 36.7 Å².